The zero-order valence-electron chi connectivity index (χ0n) is 15.6. The Bertz CT molecular complexity index is 1110. The second-order valence-electron chi connectivity index (χ2n) is 6.55. The van der Waals surface area contributed by atoms with Crippen LogP contribution in [-0.2, 0) is 14.6 Å². The van der Waals surface area contributed by atoms with Gasteiger partial charge >= 0.3 is 0 Å². The first kappa shape index (κ1) is 19.4. The lowest BCUT2D eigenvalue weighted by molar-refractivity contribution is 0.198. The van der Waals surface area contributed by atoms with Gasteiger partial charge in [0.15, 0.2) is 15.6 Å². The van der Waals surface area contributed by atoms with Gasteiger partial charge < -0.3 is 19.2 Å². The summed E-state index contributed by atoms with van der Waals surface area (Å²) in [6.07, 6.45) is 1.97. The number of nitrogens with one attached hydrogen (secondary N) is 1. The van der Waals surface area contributed by atoms with E-state index in [1.165, 1.54) is 37.6 Å². The number of halogens is 1. The zero-order valence-corrected chi connectivity index (χ0v) is 16.4. The topological polar surface area (TPSA) is 90.7 Å². The molecule has 1 aliphatic rings. The third-order valence-electron chi connectivity index (χ3n) is 4.70. The Labute approximate surface area is 167 Å². The van der Waals surface area contributed by atoms with Crippen molar-refractivity contribution < 1.29 is 26.7 Å². The molecule has 1 fully saturated rings. The lowest BCUT2D eigenvalue weighted by Crippen LogP contribution is -2.21. The molecule has 29 heavy (non-hydrogen) atoms. The van der Waals surface area contributed by atoms with Gasteiger partial charge in [-0.15, -0.1) is 0 Å². The number of sulfone groups is 1. The summed E-state index contributed by atoms with van der Waals surface area (Å²) >= 11 is 0. The summed E-state index contributed by atoms with van der Waals surface area (Å²) in [5, 5.41) is 2.40. The number of rotatable bonds is 6. The van der Waals surface area contributed by atoms with Gasteiger partial charge in [0, 0.05) is 12.2 Å². The first-order valence-corrected chi connectivity index (χ1v) is 10.5. The van der Waals surface area contributed by atoms with E-state index in [1.807, 2.05) is 0 Å². The first-order chi connectivity index (χ1) is 14.0. The number of aromatic nitrogens is 1. The van der Waals surface area contributed by atoms with Crippen molar-refractivity contribution >= 4 is 21.5 Å². The van der Waals surface area contributed by atoms with Crippen LogP contribution in [0.4, 0.5) is 16.1 Å². The van der Waals surface area contributed by atoms with Gasteiger partial charge in [0.25, 0.3) is 6.01 Å². The van der Waals surface area contributed by atoms with Crippen molar-refractivity contribution in [1.82, 2.24) is 4.98 Å². The molecule has 2 aromatic carbocycles. The van der Waals surface area contributed by atoms with E-state index in [4.69, 9.17) is 13.9 Å². The summed E-state index contributed by atoms with van der Waals surface area (Å²) in [6.45, 7) is 0.630. The molecule has 0 radical (unpaired) electrons. The molecule has 7 nitrogen and oxygen atoms in total. The molecule has 152 valence electrons. The van der Waals surface area contributed by atoms with E-state index in [9.17, 15) is 12.8 Å². The molecule has 1 aromatic heterocycles. The maximum Gasteiger partial charge on any atom is 0.299 e. The predicted molar refractivity (Wildman–Crippen MR) is 105 cm³/mol. The largest absolute Gasteiger partial charge is 0.495 e. The van der Waals surface area contributed by atoms with Crippen LogP contribution in [0.1, 0.15) is 6.42 Å². The second-order valence-corrected chi connectivity index (χ2v) is 8.78. The number of ether oxygens (including phenoxy) is 2. The lowest BCUT2D eigenvalue weighted by Gasteiger charge is -2.14. The average molecular weight is 418 g/mol. The molecule has 1 atom stereocenters. The van der Waals surface area contributed by atoms with Gasteiger partial charge in [0.1, 0.15) is 11.6 Å². The second kappa shape index (κ2) is 7.84. The summed E-state index contributed by atoms with van der Waals surface area (Å²) < 4.78 is 55.0. The van der Waals surface area contributed by atoms with Crippen molar-refractivity contribution in [1.29, 1.82) is 0 Å². The van der Waals surface area contributed by atoms with E-state index in [1.54, 1.807) is 18.2 Å². The third kappa shape index (κ3) is 3.96. The Hall–Kier alpha value is -2.91. The Morgan fingerprint density at radius 2 is 2.00 bits per heavy atom. The standard InChI is InChI=1S/C20H19FN2O5S/c1-26-18-7-6-15(29(24,25)16-8-9-27-12-16)10-17(18)23-20-22-11-19(28-20)13-2-4-14(21)5-3-13/h2-7,10-11,16H,8-9,12H2,1H3,(H,22,23). The van der Waals surface area contributed by atoms with Crippen molar-refractivity contribution in [3.63, 3.8) is 0 Å². The van der Waals surface area contributed by atoms with Crippen molar-refractivity contribution in [2.45, 2.75) is 16.6 Å². The van der Waals surface area contributed by atoms with Crippen LogP contribution in [-0.4, -0.2) is 39.0 Å². The molecule has 0 amide bonds. The molecule has 3 aromatic rings. The number of nitrogens with zero attached hydrogens (tertiary/aromatic N) is 1. The highest BCUT2D eigenvalue weighted by molar-refractivity contribution is 7.92. The van der Waals surface area contributed by atoms with Crippen LogP contribution in [0.3, 0.4) is 0 Å². The fourth-order valence-electron chi connectivity index (χ4n) is 3.11. The molecule has 0 saturated carbocycles. The predicted octanol–water partition coefficient (Wildman–Crippen LogP) is 3.80. The van der Waals surface area contributed by atoms with E-state index in [0.29, 0.717) is 35.8 Å². The number of benzene rings is 2. The Kier molecular flexibility index (Phi) is 5.25. The molecule has 9 heteroatoms. The third-order valence-corrected chi connectivity index (χ3v) is 6.86. The minimum absolute atomic E-state index is 0.154. The van der Waals surface area contributed by atoms with E-state index < -0.39 is 15.1 Å². The van der Waals surface area contributed by atoms with E-state index >= 15 is 0 Å². The van der Waals surface area contributed by atoms with E-state index in [-0.39, 0.29) is 23.3 Å². The fourth-order valence-corrected chi connectivity index (χ4v) is 4.71. The molecule has 0 aliphatic carbocycles. The van der Waals surface area contributed by atoms with Gasteiger partial charge in [-0.2, -0.15) is 0 Å². The maximum atomic E-state index is 13.1. The molecule has 1 unspecified atom stereocenters. The highest BCUT2D eigenvalue weighted by Crippen LogP contribution is 2.33. The number of anilines is 2. The fraction of sp³-hybridized carbons (Fsp3) is 0.250. The molecule has 1 N–H and O–H groups in total. The van der Waals surface area contributed by atoms with Crippen LogP contribution in [0.15, 0.2) is 58.0 Å². The Morgan fingerprint density at radius 3 is 2.69 bits per heavy atom. The highest BCUT2D eigenvalue weighted by atomic mass is 32.2. The van der Waals surface area contributed by atoms with Crippen LogP contribution >= 0.6 is 0 Å². The summed E-state index contributed by atoms with van der Waals surface area (Å²) in [6, 6.07) is 10.6. The summed E-state index contributed by atoms with van der Waals surface area (Å²) in [4.78, 5) is 4.33. The normalized spacial score (nSPS) is 16.7. The summed E-state index contributed by atoms with van der Waals surface area (Å²) in [5.41, 5.74) is 1.07. The molecule has 2 heterocycles. The summed E-state index contributed by atoms with van der Waals surface area (Å²) in [7, 11) is -2.04. The number of hydrogen-bond donors (Lipinski definition) is 1. The summed E-state index contributed by atoms with van der Waals surface area (Å²) in [5.74, 6) is 0.536. The quantitative estimate of drug-likeness (QED) is 0.651. The average Bonchev–Trinajstić information content (AvgIpc) is 3.41. The maximum absolute atomic E-state index is 13.1. The van der Waals surface area contributed by atoms with Gasteiger partial charge in [-0.1, -0.05) is 0 Å². The van der Waals surface area contributed by atoms with Crippen LogP contribution in [0.2, 0.25) is 0 Å². The number of hydrogen-bond acceptors (Lipinski definition) is 7. The van der Waals surface area contributed by atoms with Crippen LogP contribution in [0.25, 0.3) is 11.3 Å². The van der Waals surface area contributed by atoms with Gasteiger partial charge in [-0.25, -0.2) is 17.8 Å². The SMILES string of the molecule is COc1ccc(S(=O)(=O)C2CCOC2)cc1Nc1ncc(-c2ccc(F)cc2)o1. The molecule has 4 rings (SSSR count). The number of oxazole rings is 1. The van der Waals surface area contributed by atoms with E-state index in [2.05, 4.69) is 10.3 Å². The Morgan fingerprint density at radius 1 is 1.21 bits per heavy atom. The van der Waals surface area contributed by atoms with Gasteiger partial charge in [0.2, 0.25) is 0 Å². The molecule has 0 spiro atoms. The van der Waals surface area contributed by atoms with Crippen LogP contribution in [0, 0.1) is 5.82 Å². The Balaban J connectivity index is 1.62. The van der Waals surface area contributed by atoms with Gasteiger partial charge in [0.05, 0.1) is 35.7 Å². The van der Waals surface area contributed by atoms with Gasteiger partial charge in [-0.3, -0.25) is 0 Å². The molecule has 0 bridgehead atoms. The highest BCUT2D eigenvalue weighted by Gasteiger charge is 2.31. The van der Waals surface area contributed by atoms with Crippen molar-refractivity contribution in [3.8, 4) is 17.1 Å². The molecule has 1 aliphatic heterocycles. The van der Waals surface area contributed by atoms with Gasteiger partial charge in [-0.05, 0) is 48.9 Å². The van der Waals surface area contributed by atoms with Crippen LogP contribution < -0.4 is 10.1 Å². The smallest absolute Gasteiger partial charge is 0.299 e. The molecule has 1 saturated heterocycles. The molecular formula is C20H19FN2O5S. The van der Waals surface area contributed by atoms with Crippen molar-refractivity contribution in [2.75, 3.05) is 25.6 Å². The zero-order chi connectivity index (χ0) is 20.4. The monoisotopic (exact) mass is 418 g/mol. The van der Waals surface area contributed by atoms with Crippen LogP contribution in [0.5, 0.6) is 5.75 Å². The first-order valence-electron chi connectivity index (χ1n) is 8.96. The van der Waals surface area contributed by atoms with Crippen molar-refractivity contribution in [2.24, 2.45) is 0 Å². The van der Waals surface area contributed by atoms with E-state index in [0.717, 1.165) is 0 Å². The minimum atomic E-state index is -3.53. The lowest BCUT2D eigenvalue weighted by atomic mass is 10.2. The minimum Gasteiger partial charge on any atom is -0.495 e. The molecular weight excluding hydrogens is 399 g/mol. The van der Waals surface area contributed by atoms with Crippen molar-refractivity contribution in [3.05, 3.63) is 54.5 Å². The number of methoxy groups -OCH3 is 1.